The van der Waals surface area contributed by atoms with Crippen molar-refractivity contribution in [2.75, 3.05) is 5.32 Å². The number of carbonyl (C=O) groups is 2. The number of aromatic hydroxyl groups is 1. The maximum Gasteiger partial charge on any atom is 0.273 e. The first-order chi connectivity index (χ1) is 16.0. The number of hydrogen-bond donors (Lipinski definition) is 3. The zero-order chi connectivity index (χ0) is 22.9. The van der Waals surface area contributed by atoms with Crippen LogP contribution in [0.2, 0.25) is 0 Å². The molecular weight excluding hydrogens is 418 g/mol. The molecule has 1 amide bonds. The number of anilines is 1. The van der Waals surface area contributed by atoms with E-state index in [-0.39, 0.29) is 23.0 Å². The number of para-hydroxylation sites is 2. The number of aromatic nitrogens is 2. The molecule has 3 N–H and O–H groups in total. The third kappa shape index (κ3) is 3.76. The van der Waals surface area contributed by atoms with E-state index in [0.717, 1.165) is 5.56 Å². The van der Waals surface area contributed by atoms with E-state index in [2.05, 4.69) is 15.5 Å². The average Bonchev–Trinajstić information content (AvgIpc) is 3.45. The molecule has 7 nitrogen and oxygen atoms in total. The zero-order valence-electron chi connectivity index (χ0n) is 17.6. The number of aryl methyl sites for hydroxylation is 1. The van der Waals surface area contributed by atoms with Gasteiger partial charge in [0.05, 0.1) is 11.4 Å². The highest BCUT2D eigenvalue weighted by molar-refractivity contribution is 6.18. The fraction of sp³-hybridized carbons (Fsp3) is 0.0385. The van der Waals surface area contributed by atoms with Crippen LogP contribution in [0.15, 0.2) is 83.3 Å². The van der Waals surface area contributed by atoms with Crippen molar-refractivity contribution in [3.8, 4) is 17.0 Å². The minimum atomic E-state index is -0.492. The summed E-state index contributed by atoms with van der Waals surface area (Å²) in [5.74, 6) is -0.716. The number of amides is 1. The van der Waals surface area contributed by atoms with Crippen molar-refractivity contribution in [2.45, 2.75) is 6.92 Å². The number of phenolic OH excluding ortho intramolecular Hbond substituents is 1. The minimum Gasteiger partial charge on any atom is -0.507 e. The Balaban J connectivity index is 1.51. The summed E-state index contributed by atoms with van der Waals surface area (Å²) in [5, 5.41) is 20.3. The summed E-state index contributed by atoms with van der Waals surface area (Å²) >= 11 is 0. The summed E-state index contributed by atoms with van der Waals surface area (Å²) in [7, 11) is 0. The number of benzene rings is 3. The molecule has 7 heteroatoms. The van der Waals surface area contributed by atoms with Crippen LogP contribution in [0.5, 0.6) is 5.75 Å². The van der Waals surface area contributed by atoms with Crippen molar-refractivity contribution >= 4 is 28.3 Å². The number of ketones is 1. The Morgan fingerprint density at radius 2 is 1.70 bits per heavy atom. The standard InChI is InChI=1S/C26H19N3O4/c1-15-10-12-16(13-11-15)24(31)25-23(18-7-3-5-9-22(18)33-25)27-26(32)20-14-19(28-29-20)17-6-2-4-8-21(17)30/h2-14,30H,1H3,(H,27,32)(H,28,29). The lowest BCUT2D eigenvalue weighted by atomic mass is 10.1. The molecule has 0 aliphatic heterocycles. The van der Waals surface area contributed by atoms with Gasteiger partial charge in [0, 0.05) is 16.5 Å². The van der Waals surface area contributed by atoms with Crippen molar-refractivity contribution in [2.24, 2.45) is 0 Å². The molecule has 0 radical (unpaired) electrons. The number of nitrogens with one attached hydrogen (secondary N) is 2. The van der Waals surface area contributed by atoms with Crippen LogP contribution in [0.25, 0.3) is 22.2 Å². The van der Waals surface area contributed by atoms with E-state index in [4.69, 9.17) is 4.42 Å². The Morgan fingerprint density at radius 1 is 0.970 bits per heavy atom. The molecule has 0 fully saturated rings. The Hall–Kier alpha value is -4.65. The van der Waals surface area contributed by atoms with Crippen LogP contribution in [0.4, 0.5) is 5.69 Å². The van der Waals surface area contributed by atoms with Crippen LogP contribution >= 0.6 is 0 Å². The molecule has 0 unspecified atom stereocenters. The van der Waals surface area contributed by atoms with Gasteiger partial charge in [0.15, 0.2) is 5.76 Å². The fourth-order valence-electron chi connectivity index (χ4n) is 3.61. The lowest BCUT2D eigenvalue weighted by Gasteiger charge is -2.05. The Bertz CT molecular complexity index is 1500. The van der Waals surface area contributed by atoms with Gasteiger partial charge in [-0.2, -0.15) is 5.10 Å². The summed E-state index contributed by atoms with van der Waals surface area (Å²) in [6.45, 7) is 1.94. The van der Waals surface area contributed by atoms with Gasteiger partial charge in [-0.25, -0.2) is 0 Å². The lowest BCUT2D eigenvalue weighted by molar-refractivity contribution is 0.101. The van der Waals surface area contributed by atoms with E-state index in [1.54, 1.807) is 60.7 Å². The van der Waals surface area contributed by atoms with Gasteiger partial charge in [-0.05, 0) is 37.3 Å². The summed E-state index contributed by atoms with van der Waals surface area (Å²) in [4.78, 5) is 26.2. The van der Waals surface area contributed by atoms with E-state index in [9.17, 15) is 14.7 Å². The van der Waals surface area contributed by atoms with E-state index < -0.39 is 5.91 Å². The Labute approximate surface area is 188 Å². The van der Waals surface area contributed by atoms with E-state index in [1.807, 2.05) is 19.1 Å². The van der Waals surface area contributed by atoms with Crippen LogP contribution < -0.4 is 5.32 Å². The van der Waals surface area contributed by atoms with Crippen LogP contribution in [0, 0.1) is 6.92 Å². The first-order valence-corrected chi connectivity index (χ1v) is 10.3. The highest BCUT2D eigenvalue weighted by Gasteiger charge is 2.24. The predicted molar refractivity (Wildman–Crippen MR) is 124 cm³/mol. The quantitative estimate of drug-likeness (QED) is 0.323. The molecule has 0 spiro atoms. The monoisotopic (exact) mass is 437 g/mol. The molecule has 162 valence electrons. The molecule has 5 aromatic rings. The lowest BCUT2D eigenvalue weighted by Crippen LogP contribution is -2.14. The molecule has 0 bridgehead atoms. The SMILES string of the molecule is Cc1ccc(C(=O)c2oc3ccccc3c2NC(=O)c2cc(-c3ccccc3O)n[nH]2)cc1. The number of H-pyrrole nitrogens is 1. The molecule has 2 aromatic heterocycles. The molecule has 0 saturated heterocycles. The summed E-state index contributed by atoms with van der Waals surface area (Å²) in [6, 6.07) is 22.5. The molecule has 0 aliphatic carbocycles. The van der Waals surface area contributed by atoms with Gasteiger partial charge in [-0.3, -0.25) is 14.7 Å². The van der Waals surface area contributed by atoms with Crippen LogP contribution in [-0.4, -0.2) is 27.0 Å². The number of nitrogens with zero attached hydrogens (tertiary/aromatic N) is 1. The van der Waals surface area contributed by atoms with Crippen LogP contribution in [0.3, 0.4) is 0 Å². The number of fused-ring (bicyclic) bond motifs is 1. The summed E-state index contributed by atoms with van der Waals surface area (Å²) < 4.78 is 5.85. The van der Waals surface area contributed by atoms with Gasteiger partial charge >= 0.3 is 0 Å². The number of aromatic amines is 1. The second kappa shape index (κ2) is 8.12. The molecule has 0 atom stereocenters. The van der Waals surface area contributed by atoms with E-state index in [1.165, 1.54) is 6.07 Å². The molecule has 3 aromatic carbocycles. The first kappa shape index (κ1) is 20.3. The topological polar surface area (TPSA) is 108 Å². The first-order valence-electron chi connectivity index (χ1n) is 10.3. The predicted octanol–water partition coefficient (Wildman–Crippen LogP) is 5.32. The number of furan rings is 1. The Kier molecular flexibility index (Phi) is 4.99. The maximum atomic E-state index is 13.2. The van der Waals surface area contributed by atoms with Gasteiger partial charge in [0.2, 0.25) is 5.78 Å². The highest BCUT2D eigenvalue weighted by atomic mass is 16.3. The fourth-order valence-corrected chi connectivity index (χ4v) is 3.61. The van der Waals surface area contributed by atoms with Gasteiger partial charge < -0.3 is 14.8 Å². The van der Waals surface area contributed by atoms with E-state index >= 15 is 0 Å². The van der Waals surface area contributed by atoms with Gasteiger partial charge in [-0.1, -0.05) is 54.1 Å². The molecule has 2 heterocycles. The van der Waals surface area contributed by atoms with Crippen molar-refractivity contribution in [1.29, 1.82) is 0 Å². The number of hydrogen-bond acceptors (Lipinski definition) is 5. The largest absolute Gasteiger partial charge is 0.507 e. The Morgan fingerprint density at radius 3 is 2.48 bits per heavy atom. The second-order valence-corrected chi connectivity index (χ2v) is 7.64. The van der Waals surface area contributed by atoms with Crippen molar-refractivity contribution in [1.82, 2.24) is 10.2 Å². The second-order valence-electron chi connectivity index (χ2n) is 7.64. The summed E-state index contributed by atoms with van der Waals surface area (Å²) in [6.07, 6.45) is 0. The molecular formula is C26H19N3O4. The third-order valence-corrected chi connectivity index (χ3v) is 5.36. The third-order valence-electron chi connectivity index (χ3n) is 5.36. The van der Waals surface area contributed by atoms with Gasteiger partial charge in [0.1, 0.15) is 17.0 Å². The van der Waals surface area contributed by atoms with Gasteiger partial charge in [-0.15, -0.1) is 0 Å². The minimum absolute atomic E-state index is 0.0499. The van der Waals surface area contributed by atoms with Gasteiger partial charge in [0.25, 0.3) is 5.91 Å². The average molecular weight is 437 g/mol. The van der Waals surface area contributed by atoms with Crippen molar-refractivity contribution in [3.05, 3.63) is 101 Å². The van der Waals surface area contributed by atoms with Crippen molar-refractivity contribution in [3.63, 3.8) is 0 Å². The van der Waals surface area contributed by atoms with Crippen LogP contribution in [0.1, 0.15) is 32.2 Å². The smallest absolute Gasteiger partial charge is 0.273 e. The normalized spacial score (nSPS) is 10.9. The molecule has 33 heavy (non-hydrogen) atoms. The van der Waals surface area contributed by atoms with Crippen molar-refractivity contribution < 1.29 is 19.1 Å². The highest BCUT2D eigenvalue weighted by Crippen LogP contribution is 2.33. The zero-order valence-corrected chi connectivity index (χ0v) is 17.6. The number of phenols is 1. The number of rotatable bonds is 5. The summed E-state index contributed by atoms with van der Waals surface area (Å²) in [5.41, 5.74) is 3.36. The molecule has 5 rings (SSSR count). The molecule has 0 aliphatic rings. The van der Waals surface area contributed by atoms with Crippen LogP contribution in [-0.2, 0) is 0 Å². The molecule has 0 saturated carbocycles. The number of carbonyl (C=O) groups excluding carboxylic acids is 2. The maximum absolute atomic E-state index is 13.2. The van der Waals surface area contributed by atoms with E-state index in [0.29, 0.717) is 33.5 Å².